The molecule has 1 aromatic rings. The van der Waals surface area contributed by atoms with E-state index in [4.69, 9.17) is 0 Å². The lowest BCUT2D eigenvalue weighted by atomic mass is 10.1. The number of hydrogen-bond donors (Lipinski definition) is 0. The first-order chi connectivity index (χ1) is 8.60. The first-order valence-corrected chi connectivity index (χ1v) is 7.01. The highest BCUT2D eigenvalue weighted by atomic mass is 32.2. The summed E-state index contributed by atoms with van der Waals surface area (Å²) in [6.07, 6.45) is -4.22. The maximum absolute atomic E-state index is 12.4. The Morgan fingerprint density at radius 1 is 1.11 bits per heavy atom. The summed E-state index contributed by atoms with van der Waals surface area (Å²) in [6.45, 7) is 3.11. The molecule has 1 unspecified atom stereocenters. The van der Waals surface area contributed by atoms with Gasteiger partial charge in [-0.15, -0.1) is 0 Å². The molecule has 0 N–H and O–H groups in total. The molecule has 0 heterocycles. The summed E-state index contributed by atoms with van der Waals surface area (Å²) in [5.74, 6) is -0.454. The Morgan fingerprint density at radius 3 is 1.89 bits per heavy atom. The Labute approximate surface area is 109 Å². The van der Waals surface area contributed by atoms with Crippen LogP contribution in [0.2, 0.25) is 0 Å². The molecule has 0 aliphatic rings. The Balaban J connectivity index is 3.20. The van der Waals surface area contributed by atoms with Crippen molar-refractivity contribution in [2.75, 3.05) is 0 Å². The predicted octanol–water partition coefficient (Wildman–Crippen LogP) is 2.70. The van der Waals surface area contributed by atoms with E-state index in [9.17, 15) is 26.4 Å². The zero-order valence-corrected chi connectivity index (χ0v) is 11.1. The molecule has 0 saturated carbocycles. The van der Waals surface area contributed by atoms with Crippen LogP contribution in [0.5, 0.6) is 0 Å². The van der Waals surface area contributed by atoms with Gasteiger partial charge in [0.15, 0.2) is 9.84 Å². The summed E-state index contributed by atoms with van der Waals surface area (Å²) in [7, 11) is -3.95. The smallest absolute Gasteiger partial charge is 0.302 e. The number of carbonyl (C=O) groups is 1. The van der Waals surface area contributed by atoms with Crippen LogP contribution in [-0.4, -0.2) is 20.0 Å². The van der Waals surface area contributed by atoms with Crippen LogP contribution in [-0.2, 0) is 20.8 Å². The van der Waals surface area contributed by atoms with E-state index >= 15 is 0 Å². The number of carbonyl (C=O) groups excluding carboxylic acids is 1. The van der Waals surface area contributed by atoms with E-state index < -0.39 is 32.7 Å². The highest BCUT2D eigenvalue weighted by Gasteiger charge is 2.33. The van der Waals surface area contributed by atoms with Crippen LogP contribution >= 0.6 is 0 Å². The van der Waals surface area contributed by atoms with Gasteiger partial charge in [0.2, 0.25) is 0 Å². The number of aldehydes is 1. The fourth-order valence-corrected chi connectivity index (χ4v) is 3.27. The van der Waals surface area contributed by atoms with Crippen molar-refractivity contribution >= 4 is 16.1 Å². The van der Waals surface area contributed by atoms with Gasteiger partial charge in [0.05, 0.1) is 10.5 Å². The highest BCUT2D eigenvalue weighted by molar-refractivity contribution is 7.92. The van der Waals surface area contributed by atoms with Crippen molar-refractivity contribution < 1.29 is 26.4 Å². The van der Waals surface area contributed by atoms with Crippen molar-refractivity contribution in [2.24, 2.45) is 5.92 Å². The average Bonchev–Trinajstić information content (AvgIpc) is 2.28. The van der Waals surface area contributed by atoms with Gasteiger partial charge in [-0.3, -0.25) is 0 Å². The van der Waals surface area contributed by atoms with E-state index in [1.807, 2.05) is 0 Å². The number of rotatable bonds is 4. The van der Waals surface area contributed by atoms with Crippen molar-refractivity contribution in [2.45, 2.75) is 30.2 Å². The van der Waals surface area contributed by atoms with Crippen LogP contribution in [0.4, 0.5) is 13.2 Å². The molecular weight excluding hydrogens is 281 g/mol. The zero-order chi connectivity index (χ0) is 14.8. The summed E-state index contributed by atoms with van der Waals surface area (Å²) in [5, 5.41) is -1.26. The lowest BCUT2D eigenvalue weighted by molar-refractivity contribution is -0.137. The molecule has 0 amide bonds. The lowest BCUT2D eigenvalue weighted by Crippen LogP contribution is -2.28. The maximum atomic E-state index is 12.4. The fourth-order valence-electron chi connectivity index (χ4n) is 1.58. The van der Waals surface area contributed by atoms with Gasteiger partial charge in [-0.25, -0.2) is 8.42 Å². The quantitative estimate of drug-likeness (QED) is 0.802. The van der Waals surface area contributed by atoms with Crippen LogP contribution < -0.4 is 0 Å². The summed E-state index contributed by atoms with van der Waals surface area (Å²) >= 11 is 0. The largest absolute Gasteiger partial charge is 0.416 e. The zero-order valence-electron chi connectivity index (χ0n) is 10.3. The third kappa shape index (κ3) is 3.34. The van der Waals surface area contributed by atoms with Crippen LogP contribution in [0.25, 0.3) is 0 Å². The molecule has 19 heavy (non-hydrogen) atoms. The fraction of sp³-hybridized carbons (Fsp3) is 0.417. The van der Waals surface area contributed by atoms with Gasteiger partial charge >= 0.3 is 6.18 Å². The summed E-state index contributed by atoms with van der Waals surface area (Å²) in [5.41, 5.74) is -0.932. The molecule has 0 aliphatic heterocycles. The van der Waals surface area contributed by atoms with Crippen molar-refractivity contribution in [1.29, 1.82) is 0 Å². The normalized spacial score (nSPS) is 14.4. The van der Waals surface area contributed by atoms with Gasteiger partial charge in [-0.05, 0) is 30.2 Å². The molecular formula is C12H13F3O3S. The van der Waals surface area contributed by atoms with E-state index in [1.54, 1.807) is 13.8 Å². The van der Waals surface area contributed by atoms with Gasteiger partial charge in [-0.1, -0.05) is 13.8 Å². The molecule has 0 aliphatic carbocycles. The Kier molecular flexibility index (Phi) is 4.39. The number of sulfone groups is 1. The monoisotopic (exact) mass is 294 g/mol. The standard InChI is InChI=1S/C12H13F3O3S/c1-8(2)11(7-16)19(17,18)10-5-3-9(4-6-10)12(13,14)15/h3-8,11H,1-2H3. The average molecular weight is 294 g/mol. The van der Waals surface area contributed by atoms with Gasteiger partial charge in [0, 0.05) is 0 Å². The third-order valence-electron chi connectivity index (χ3n) is 2.66. The Hall–Kier alpha value is -1.37. The topological polar surface area (TPSA) is 51.2 Å². The van der Waals surface area contributed by atoms with E-state index in [-0.39, 0.29) is 4.90 Å². The van der Waals surface area contributed by atoms with Gasteiger partial charge in [-0.2, -0.15) is 13.2 Å². The Bertz CT molecular complexity index is 545. The number of halogens is 3. The van der Waals surface area contributed by atoms with E-state index in [1.165, 1.54) is 0 Å². The molecule has 3 nitrogen and oxygen atoms in total. The van der Waals surface area contributed by atoms with Gasteiger partial charge in [0.25, 0.3) is 0 Å². The summed E-state index contributed by atoms with van der Waals surface area (Å²) < 4.78 is 61.2. The van der Waals surface area contributed by atoms with Crippen molar-refractivity contribution in [3.63, 3.8) is 0 Å². The first-order valence-electron chi connectivity index (χ1n) is 5.47. The molecule has 0 fully saturated rings. The minimum absolute atomic E-state index is 0.286. The molecule has 0 bridgehead atoms. The van der Waals surface area contributed by atoms with Crippen molar-refractivity contribution in [3.8, 4) is 0 Å². The molecule has 0 saturated heterocycles. The molecule has 0 aromatic heterocycles. The molecule has 1 aromatic carbocycles. The number of alkyl halides is 3. The molecule has 106 valence electrons. The molecule has 7 heteroatoms. The lowest BCUT2D eigenvalue weighted by Gasteiger charge is -2.15. The molecule has 0 spiro atoms. The van der Waals surface area contributed by atoms with Crippen LogP contribution in [0.1, 0.15) is 19.4 Å². The summed E-state index contributed by atoms with van der Waals surface area (Å²) in [4.78, 5) is 10.5. The maximum Gasteiger partial charge on any atom is 0.416 e. The number of benzene rings is 1. The SMILES string of the molecule is CC(C)C(C=O)S(=O)(=O)c1ccc(C(F)(F)F)cc1. The van der Waals surface area contributed by atoms with Crippen LogP contribution in [0.3, 0.4) is 0 Å². The minimum atomic E-state index is -4.52. The van der Waals surface area contributed by atoms with Gasteiger partial charge < -0.3 is 4.79 Å². The van der Waals surface area contributed by atoms with Crippen LogP contribution in [0, 0.1) is 5.92 Å². The second-order valence-electron chi connectivity index (χ2n) is 4.41. The first kappa shape index (κ1) is 15.7. The molecule has 1 rings (SSSR count). The van der Waals surface area contributed by atoms with E-state index in [0.717, 1.165) is 12.1 Å². The van der Waals surface area contributed by atoms with Crippen molar-refractivity contribution in [3.05, 3.63) is 29.8 Å². The second-order valence-corrected chi connectivity index (χ2v) is 6.52. The summed E-state index contributed by atoms with van der Waals surface area (Å²) in [6, 6.07) is 3.12. The Morgan fingerprint density at radius 2 is 1.58 bits per heavy atom. The molecule has 0 radical (unpaired) electrons. The predicted molar refractivity (Wildman–Crippen MR) is 63.3 cm³/mol. The second kappa shape index (κ2) is 5.32. The number of hydrogen-bond acceptors (Lipinski definition) is 3. The van der Waals surface area contributed by atoms with E-state index in [0.29, 0.717) is 18.4 Å². The van der Waals surface area contributed by atoms with E-state index in [2.05, 4.69) is 0 Å². The van der Waals surface area contributed by atoms with Crippen molar-refractivity contribution in [1.82, 2.24) is 0 Å². The molecule has 1 atom stereocenters. The van der Waals surface area contributed by atoms with Gasteiger partial charge in [0.1, 0.15) is 11.5 Å². The minimum Gasteiger partial charge on any atom is -0.302 e. The van der Waals surface area contributed by atoms with Crippen LogP contribution in [0.15, 0.2) is 29.2 Å². The third-order valence-corrected chi connectivity index (χ3v) is 4.96. The highest BCUT2D eigenvalue weighted by Crippen LogP contribution is 2.30.